The third kappa shape index (κ3) is 3.73. The Hall–Kier alpha value is -0.520. The Kier molecular flexibility index (Phi) is 4.35. The molecule has 2 heterocycles. The highest BCUT2D eigenvalue weighted by molar-refractivity contribution is 9.09. The highest BCUT2D eigenvalue weighted by Gasteiger charge is 2.32. The van der Waals surface area contributed by atoms with Gasteiger partial charge in [0.1, 0.15) is 5.82 Å². The Bertz CT molecular complexity index is 414. The summed E-state index contributed by atoms with van der Waals surface area (Å²) in [5, 5.41) is 0.814. The van der Waals surface area contributed by atoms with Gasteiger partial charge >= 0.3 is 0 Å². The molecule has 0 saturated carbocycles. The number of halogens is 2. The molecule has 0 spiro atoms. The van der Waals surface area contributed by atoms with E-state index >= 15 is 0 Å². The molecule has 0 bridgehead atoms. The maximum Gasteiger partial charge on any atom is 0.141 e. The van der Waals surface area contributed by atoms with Crippen LogP contribution in [0.2, 0.25) is 0 Å². The number of hydrogen-bond acceptors (Lipinski definition) is 3. The molecule has 1 aliphatic rings. The average molecular weight is 317 g/mol. The van der Waals surface area contributed by atoms with Gasteiger partial charge in [0, 0.05) is 31.2 Å². The Labute approximate surface area is 115 Å². The van der Waals surface area contributed by atoms with Crippen LogP contribution in [-0.4, -0.2) is 40.0 Å². The maximum absolute atomic E-state index is 13.1. The Morgan fingerprint density at radius 2 is 2.33 bits per heavy atom. The van der Waals surface area contributed by atoms with E-state index in [2.05, 4.69) is 39.7 Å². The number of alkyl halides is 1. The lowest BCUT2D eigenvalue weighted by molar-refractivity contribution is -0.128. The summed E-state index contributed by atoms with van der Waals surface area (Å²) < 4.78 is 19.0. The molecule has 3 nitrogen and oxygen atoms in total. The van der Waals surface area contributed by atoms with Gasteiger partial charge in [-0.3, -0.25) is 9.88 Å². The van der Waals surface area contributed by atoms with Crippen molar-refractivity contribution in [1.82, 2.24) is 9.88 Å². The van der Waals surface area contributed by atoms with Crippen molar-refractivity contribution < 1.29 is 9.13 Å². The number of pyridine rings is 1. The number of aromatic nitrogens is 1. The van der Waals surface area contributed by atoms with Crippen molar-refractivity contribution in [3.05, 3.63) is 29.8 Å². The summed E-state index contributed by atoms with van der Waals surface area (Å²) >= 11 is 3.46. The fourth-order valence-electron chi connectivity index (χ4n) is 2.42. The fourth-order valence-corrected chi connectivity index (χ4v) is 2.75. The smallest absolute Gasteiger partial charge is 0.141 e. The minimum atomic E-state index is -0.280. The van der Waals surface area contributed by atoms with Crippen LogP contribution in [-0.2, 0) is 11.3 Å². The Balaban J connectivity index is 2.04. The van der Waals surface area contributed by atoms with E-state index in [1.165, 1.54) is 6.20 Å². The van der Waals surface area contributed by atoms with Crippen LogP contribution in [0.3, 0.4) is 0 Å². The van der Waals surface area contributed by atoms with Crippen LogP contribution in [0.1, 0.15) is 19.4 Å². The lowest BCUT2D eigenvalue weighted by Crippen LogP contribution is -2.52. The van der Waals surface area contributed by atoms with Gasteiger partial charge < -0.3 is 4.74 Å². The molecule has 1 unspecified atom stereocenters. The second-order valence-corrected chi connectivity index (χ2v) is 5.98. The van der Waals surface area contributed by atoms with E-state index in [4.69, 9.17) is 4.74 Å². The van der Waals surface area contributed by atoms with Crippen molar-refractivity contribution in [3.63, 3.8) is 0 Å². The van der Waals surface area contributed by atoms with Gasteiger partial charge in [-0.15, -0.1) is 0 Å². The number of rotatable bonds is 3. The van der Waals surface area contributed by atoms with Crippen molar-refractivity contribution in [1.29, 1.82) is 0 Å². The summed E-state index contributed by atoms with van der Waals surface area (Å²) in [5.74, 6) is -0.280. The SMILES string of the molecule is CC1(C)CN(Cc2cncc(F)c2)CC(CBr)O1. The predicted octanol–water partition coefficient (Wildman–Crippen LogP) is 2.60. The van der Waals surface area contributed by atoms with Gasteiger partial charge in [0.25, 0.3) is 0 Å². The van der Waals surface area contributed by atoms with E-state index in [9.17, 15) is 4.39 Å². The van der Waals surface area contributed by atoms with Gasteiger partial charge in [0.05, 0.1) is 17.9 Å². The fraction of sp³-hybridized carbons (Fsp3) is 0.615. The number of ether oxygens (including phenoxy) is 1. The zero-order chi connectivity index (χ0) is 13.2. The molecule has 1 aliphatic heterocycles. The molecule has 1 atom stereocenters. The second-order valence-electron chi connectivity index (χ2n) is 5.33. The molecule has 0 amide bonds. The zero-order valence-corrected chi connectivity index (χ0v) is 12.3. The minimum absolute atomic E-state index is 0.169. The number of hydrogen-bond donors (Lipinski definition) is 0. The van der Waals surface area contributed by atoms with E-state index in [1.807, 2.05) is 0 Å². The highest BCUT2D eigenvalue weighted by atomic mass is 79.9. The molecule has 0 N–H and O–H groups in total. The van der Waals surface area contributed by atoms with Crippen LogP contribution in [0.4, 0.5) is 4.39 Å². The molecule has 1 saturated heterocycles. The molecule has 1 aromatic rings. The first-order valence-corrected chi connectivity index (χ1v) is 7.16. The molecule has 5 heteroatoms. The van der Waals surface area contributed by atoms with Crippen LogP contribution in [0.5, 0.6) is 0 Å². The van der Waals surface area contributed by atoms with E-state index in [-0.39, 0.29) is 17.5 Å². The molecule has 0 aliphatic carbocycles. The van der Waals surface area contributed by atoms with Crippen molar-refractivity contribution in [2.75, 3.05) is 18.4 Å². The predicted molar refractivity (Wildman–Crippen MR) is 72.2 cm³/mol. The molecule has 18 heavy (non-hydrogen) atoms. The summed E-state index contributed by atoms with van der Waals surface area (Å²) in [6.45, 7) is 6.57. The third-order valence-corrected chi connectivity index (χ3v) is 3.61. The lowest BCUT2D eigenvalue weighted by Gasteiger charge is -2.42. The Morgan fingerprint density at radius 3 is 3.00 bits per heavy atom. The first kappa shape index (κ1) is 13.9. The molecule has 2 rings (SSSR count). The monoisotopic (exact) mass is 316 g/mol. The van der Waals surface area contributed by atoms with Gasteiger partial charge in [0.2, 0.25) is 0 Å². The molecule has 0 aromatic carbocycles. The lowest BCUT2D eigenvalue weighted by atomic mass is 10.0. The first-order chi connectivity index (χ1) is 8.48. The van der Waals surface area contributed by atoms with Crippen LogP contribution >= 0.6 is 15.9 Å². The van der Waals surface area contributed by atoms with E-state index in [0.717, 1.165) is 24.0 Å². The molecular formula is C13H18BrFN2O. The molecule has 100 valence electrons. The first-order valence-electron chi connectivity index (χ1n) is 6.04. The molecule has 1 aromatic heterocycles. The van der Waals surface area contributed by atoms with Crippen molar-refractivity contribution in [2.45, 2.75) is 32.1 Å². The minimum Gasteiger partial charge on any atom is -0.369 e. The van der Waals surface area contributed by atoms with E-state index < -0.39 is 0 Å². The third-order valence-electron chi connectivity index (χ3n) is 2.89. The topological polar surface area (TPSA) is 25.4 Å². The zero-order valence-electron chi connectivity index (χ0n) is 10.7. The van der Waals surface area contributed by atoms with Gasteiger partial charge in [-0.1, -0.05) is 15.9 Å². The highest BCUT2D eigenvalue weighted by Crippen LogP contribution is 2.23. The van der Waals surface area contributed by atoms with Crippen molar-refractivity contribution in [2.24, 2.45) is 0 Å². The standard InChI is InChI=1S/C13H18BrFN2O/c1-13(2)9-17(8-12(4-14)18-13)7-10-3-11(15)6-16-5-10/h3,5-6,12H,4,7-9H2,1-2H3. The summed E-state index contributed by atoms with van der Waals surface area (Å²) in [5.41, 5.74) is 0.735. The summed E-state index contributed by atoms with van der Waals surface area (Å²) in [6, 6.07) is 1.54. The van der Waals surface area contributed by atoms with Gasteiger partial charge in [-0.2, -0.15) is 0 Å². The summed E-state index contributed by atoms with van der Waals surface area (Å²) in [7, 11) is 0. The van der Waals surface area contributed by atoms with Crippen LogP contribution in [0, 0.1) is 5.82 Å². The second kappa shape index (κ2) is 5.63. The van der Waals surface area contributed by atoms with E-state index in [0.29, 0.717) is 6.54 Å². The van der Waals surface area contributed by atoms with Crippen LogP contribution < -0.4 is 0 Å². The quantitative estimate of drug-likeness (QED) is 0.801. The van der Waals surface area contributed by atoms with Crippen molar-refractivity contribution in [3.8, 4) is 0 Å². The molecule has 0 radical (unpaired) electrons. The molecule has 1 fully saturated rings. The number of nitrogens with zero attached hydrogens (tertiary/aromatic N) is 2. The van der Waals surface area contributed by atoms with Crippen LogP contribution in [0.25, 0.3) is 0 Å². The van der Waals surface area contributed by atoms with Gasteiger partial charge in [-0.05, 0) is 25.5 Å². The van der Waals surface area contributed by atoms with Crippen molar-refractivity contribution >= 4 is 15.9 Å². The molecular weight excluding hydrogens is 299 g/mol. The summed E-state index contributed by atoms with van der Waals surface area (Å²) in [6.07, 6.45) is 3.12. The Morgan fingerprint density at radius 1 is 1.56 bits per heavy atom. The van der Waals surface area contributed by atoms with E-state index in [1.54, 1.807) is 12.3 Å². The average Bonchev–Trinajstić information content (AvgIpc) is 2.26. The van der Waals surface area contributed by atoms with Crippen LogP contribution in [0.15, 0.2) is 18.5 Å². The number of morpholine rings is 1. The largest absolute Gasteiger partial charge is 0.369 e. The maximum atomic E-state index is 13.1. The normalized spacial score (nSPS) is 24.1. The summed E-state index contributed by atoms with van der Waals surface area (Å²) in [4.78, 5) is 6.17. The van der Waals surface area contributed by atoms with Gasteiger partial charge in [-0.25, -0.2) is 4.39 Å². The van der Waals surface area contributed by atoms with Gasteiger partial charge in [0.15, 0.2) is 0 Å².